The molecule has 2 amide bonds. The average molecular weight is 943 g/mol. The number of amides is 2. The molecular weight excluding hydrogens is 865 g/mol. The summed E-state index contributed by atoms with van der Waals surface area (Å²) >= 11 is 0. The van der Waals surface area contributed by atoms with E-state index < -0.39 is 68.4 Å². The number of alkyl carbamates (subject to hydrolysis) is 1. The van der Waals surface area contributed by atoms with Crippen molar-refractivity contribution < 1.29 is 47.3 Å². The van der Waals surface area contributed by atoms with Crippen LogP contribution in [0.5, 0.6) is 0 Å². The van der Waals surface area contributed by atoms with Crippen LogP contribution in [0.4, 0.5) is 4.79 Å². The summed E-state index contributed by atoms with van der Waals surface area (Å²) in [6, 6.07) is 14.0. The maximum absolute atomic E-state index is 14.3. The van der Waals surface area contributed by atoms with Crippen LogP contribution in [-0.4, -0.2) is 93.8 Å². The number of likely N-dealkylation sites (N-methyl/N-ethyl adjacent to an activating group) is 1. The van der Waals surface area contributed by atoms with E-state index in [1.54, 1.807) is 19.9 Å². The molecule has 1 aliphatic rings. The zero-order valence-corrected chi connectivity index (χ0v) is 43.4. The summed E-state index contributed by atoms with van der Waals surface area (Å²) in [6.45, 7) is 27.2. The Morgan fingerprint density at radius 2 is 1.51 bits per heavy atom. The number of fused-ring (bicyclic) bond motifs is 3. The minimum atomic E-state index is -2.36. The van der Waals surface area contributed by atoms with Gasteiger partial charge in [-0.2, -0.15) is 0 Å². The van der Waals surface area contributed by atoms with Crippen LogP contribution in [0.25, 0.3) is 11.1 Å². The molecule has 0 bridgehead atoms. The predicted molar refractivity (Wildman–Crippen MR) is 266 cm³/mol. The number of ether oxygens (including phenoxy) is 4. The van der Waals surface area contributed by atoms with Crippen molar-refractivity contribution in [2.45, 2.75) is 162 Å². The quantitative estimate of drug-likeness (QED) is 0.0194. The molecule has 0 heterocycles. The lowest BCUT2D eigenvalue weighted by Gasteiger charge is -2.42. The Kier molecular flexibility index (Phi) is 21.6. The normalized spacial score (nSPS) is 15.9. The number of hydrogen-bond acceptors (Lipinski definition) is 10. The Balaban J connectivity index is 1.88. The third-order valence-corrected chi connectivity index (χ3v) is 17.9. The van der Waals surface area contributed by atoms with E-state index >= 15 is 0 Å². The lowest BCUT2D eigenvalue weighted by atomic mass is 9.91. The minimum Gasteiger partial charge on any atom is -0.460 e. The van der Waals surface area contributed by atoms with Crippen LogP contribution < -0.4 is 5.32 Å². The smallest absolute Gasteiger partial charge is 0.407 e. The fraction of sp³-hybridized carbons (Fsp3) is 0.574. The standard InChI is InChI=1S/C54H78N2O10Si/c1-16-19-20-29-46(66-67(14,15)54(10,11)12)38(8)45(31-30-37(7)50(58)65-47(33-35(4)5)52(60)62-32-17-2)64-51(59)39(9)56(13)49(57)48(36(6)18-3)55-53(61)63-34-44-42-27-23-21-25-40(42)41-26-22-24-28-43(41)44/h1,17,21-28,30,35-36,38-39,44-48H,2,18-20,29,31-34H2,3-15H3,(H,55,61)/b37-30+/t36-,38+,39+,45+,46-,47-,48-/m1/s1. The summed E-state index contributed by atoms with van der Waals surface area (Å²) in [5.41, 5.74) is 4.55. The Bertz CT molecular complexity index is 2040. The van der Waals surface area contributed by atoms with E-state index in [2.05, 4.69) is 63.8 Å². The number of nitrogens with zero attached hydrogens (tertiary/aromatic N) is 1. The van der Waals surface area contributed by atoms with Gasteiger partial charge in [0.2, 0.25) is 5.91 Å². The molecule has 7 atom stereocenters. The van der Waals surface area contributed by atoms with Gasteiger partial charge in [-0.25, -0.2) is 19.2 Å². The number of unbranched alkanes of at least 4 members (excludes halogenated alkanes) is 1. The van der Waals surface area contributed by atoms with Crippen molar-refractivity contribution in [3.05, 3.63) is 84.0 Å². The molecule has 0 aromatic heterocycles. The molecule has 0 radical (unpaired) electrons. The van der Waals surface area contributed by atoms with Gasteiger partial charge in [-0.05, 0) is 85.3 Å². The lowest BCUT2D eigenvalue weighted by Crippen LogP contribution is -2.54. The topological polar surface area (TPSA) is 147 Å². The second kappa shape index (κ2) is 25.8. The van der Waals surface area contributed by atoms with Gasteiger partial charge in [0, 0.05) is 37.3 Å². The number of terminal acetylenes is 1. The van der Waals surface area contributed by atoms with E-state index in [4.69, 9.17) is 29.8 Å². The summed E-state index contributed by atoms with van der Waals surface area (Å²) in [4.78, 5) is 69.7. The van der Waals surface area contributed by atoms with Gasteiger partial charge >= 0.3 is 24.0 Å². The molecule has 67 heavy (non-hydrogen) atoms. The Labute approximate surface area is 402 Å². The predicted octanol–water partition coefficient (Wildman–Crippen LogP) is 10.6. The summed E-state index contributed by atoms with van der Waals surface area (Å²) < 4.78 is 30.1. The second-order valence-corrected chi connectivity index (χ2v) is 24.6. The number of rotatable bonds is 25. The van der Waals surface area contributed by atoms with Gasteiger partial charge in [0.1, 0.15) is 31.4 Å². The number of esters is 3. The van der Waals surface area contributed by atoms with Gasteiger partial charge in [-0.3, -0.25) is 4.79 Å². The fourth-order valence-electron chi connectivity index (χ4n) is 7.72. The van der Waals surface area contributed by atoms with Crippen molar-refractivity contribution >= 4 is 38.2 Å². The third kappa shape index (κ3) is 15.7. The van der Waals surface area contributed by atoms with Crippen molar-refractivity contribution in [2.75, 3.05) is 20.3 Å². The maximum Gasteiger partial charge on any atom is 0.407 e. The first-order valence-corrected chi connectivity index (χ1v) is 26.7. The molecule has 2 aromatic carbocycles. The molecule has 0 aliphatic heterocycles. The zero-order valence-electron chi connectivity index (χ0n) is 42.4. The van der Waals surface area contributed by atoms with E-state index in [1.165, 1.54) is 18.0 Å². The van der Waals surface area contributed by atoms with Crippen LogP contribution in [0.2, 0.25) is 18.1 Å². The van der Waals surface area contributed by atoms with Crippen molar-refractivity contribution in [3.8, 4) is 23.5 Å². The van der Waals surface area contributed by atoms with Crippen molar-refractivity contribution in [1.29, 1.82) is 0 Å². The highest BCUT2D eigenvalue weighted by molar-refractivity contribution is 6.74. The number of benzene rings is 2. The van der Waals surface area contributed by atoms with Gasteiger partial charge in [-0.15, -0.1) is 12.3 Å². The van der Waals surface area contributed by atoms with E-state index in [0.29, 0.717) is 25.7 Å². The Hall–Kier alpha value is -5.19. The first kappa shape index (κ1) is 56.1. The molecule has 1 aliphatic carbocycles. The molecule has 2 aromatic rings. The highest BCUT2D eigenvalue weighted by Crippen LogP contribution is 2.44. The minimum absolute atomic E-state index is 0.0171. The molecule has 0 saturated carbocycles. The van der Waals surface area contributed by atoms with E-state index in [1.807, 2.05) is 71.0 Å². The molecular formula is C54H78N2O10Si. The highest BCUT2D eigenvalue weighted by atomic mass is 28.4. The second-order valence-electron chi connectivity index (χ2n) is 19.9. The largest absolute Gasteiger partial charge is 0.460 e. The van der Waals surface area contributed by atoms with Crippen LogP contribution >= 0.6 is 0 Å². The average Bonchev–Trinajstić information content (AvgIpc) is 3.61. The van der Waals surface area contributed by atoms with Crippen LogP contribution in [0.1, 0.15) is 125 Å². The van der Waals surface area contributed by atoms with Gasteiger partial charge in [0.15, 0.2) is 14.4 Å². The molecule has 368 valence electrons. The molecule has 0 saturated heterocycles. The zero-order chi connectivity index (χ0) is 50.2. The fourth-order valence-corrected chi connectivity index (χ4v) is 9.16. The number of hydrogen-bond donors (Lipinski definition) is 1. The first-order chi connectivity index (χ1) is 31.5. The first-order valence-electron chi connectivity index (χ1n) is 23.8. The van der Waals surface area contributed by atoms with Crippen LogP contribution in [0.3, 0.4) is 0 Å². The van der Waals surface area contributed by atoms with E-state index in [-0.39, 0.29) is 60.5 Å². The number of carbonyl (C=O) groups is 5. The van der Waals surface area contributed by atoms with Crippen LogP contribution in [0.15, 0.2) is 72.8 Å². The molecule has 13 heteroatoms. The summed E-state index contributed by atoms with van der Waals surface area (Å²) in [5.74, 6) is -0.644. The van der Waals surface area contributed by atoms with Crippen molar-refractivity contribution in [1.82, 2.24) is 10.2 Å². The van der Waals surface area contributed by atoms with Gasteiger partial charge < -0.3 is 33.6 Å². The maximum atomic E-state index is 14.3. The SMILES string of the molecule is C#CCCC[C@@H](O[Si](C)(C)C(C)(C)C)[C@@H](C)[C@H](C/C=C(\C)C(=O)O[C@H](CC(C)C)C(=O)OCC=C)OC(=O)[C@H](C)N(C)C(=O)[C@H](NC(=O)OCC1c2ccccc2-c2ccccc21)[C@H](C)CC. The lowest BCUT2D eigenvalue weighted by molar-refractivity contribution is -0.166. The number of carbonyl (C=O) groups excluding carboxylic acids is 5. The van der Waals surface area contributed by atoms with E-state index in [9.17, 15) is 24.0 Å². The summed E-state index contributed by atoms with van der Waals surface area (Å²) in [7, 11) is -0.850. The van der Waals surface area contributed by atoms with Gasteiger partial charge in [0.05, 0.1) is 6.10 Å². The molecule has 0 fully saturated rings. The van der Waals surface area contributed by atoms with Crippen LogP contribution in [0, 0.1) is 30.1 Å². The Morgan fingerprint density at radius 1 is 0.910 bits per heavy atom. The third-order valence-electron chi connectivity index (χ3n) is 13.4. The molecule has 0 unspecified atom stereocenters. The highest BCUT2D eigenvalue weighted by Gasteiger charge is 2.42. The molecule has 1 N–H and O–H groups in total. The molecule has 0 spiro atoms. The van der Waals surface area contributed by atoms with Crippen LogP contribution in [-0.2, 0) is 42.6 Å². The van der Waals surface area contributed by atoms with Gasteiger partial charge in [-0.1, -0.05) is 129 Å². The number of nitrogens with one attached hydrogen (secondary N) is 1. The van der Waals surface area contributed by atoms with Gasteiger partial charge in [0.25, 0.3) is 0 Å². The summed E-state index contributed by atoms with van der Waals surface area (Å²) in [6.07, 6.45) is 8.44. The monoisotopic (exact) mass is 943 g/mol. The van der Waals surface area contributed by atoms with Crippen molar-refractivity contribution in [3.63, 3.8) is 0 Å². The Morgan fingerprint density at radius 3 is 2.04 bits per heavy atom. The van der Waals surface area contributed by atoms with Crippen molar-refractivity contribution in [2.24, 2.45) is 17.8 Å². The molecule has 3 rings (SSSR count). The summed E-state index contributed by atoms with van der Waals surface area (Å²) in [5, 5.41) is 2.69. The van der Waals surface area contributed by atoms with E-state index in [0.717, 1.165) is 22.3 Å². The molecule has 12 nitrogen and oxygen atoms in total.